The minimum atomic E-state index is -0.937. The molecular weight excluding hydrogens is 467 g/mol. The maximum atomic E-state index is 14.2. The van der Waals surface area contributed by atoms with Crippen LogP contribution in [0.3, 0.4) is 0 Å². The van der Waals surface area contributed by atoms with Crippen molar-refractivity contribution in [1.29, 1.82) is 0 Å². The number of alkyl halides is 1. The summed E-state index contributed by atoms with van der Waals surface area (Å²) >= 11 is 0. The fourth-order valence-corrected chi connectivity index (χ4v) is 4.98. The average molecular weight is 496 g/mol. The highest BCUT2D eigenvalue weighted by molar-refractivity contribution is 5.95. The van der Waals surface area contributed by atoms with Crippen LogP contribution in [0.25, 0.3) is 11.1 Å². The van der Waals surface area contributed by atoms with Crippen LogP contribution >= 0.6 is 0 Å². The van der Waals surface area contributed by atoms with E-state index in [0.717, 1.165) is 43.3 Å². The number of hydrogen-bond donors (Lipinski definition) is 1. The Morgan fingerprint density at radius 1 is 1.03 bits per heavy atom. The summed E-state index contributed by atoms with van der Waals surface area (Å²) in [5.41, 5.74) is 3.52. The number of rotatable bonds is 7. The van der Waals surface area contributed by atoms with Crippen molar-refractivity contribution in [2.24, 2.45) is 5.92 Å². The van der Waals surface area contributed by atoms with Gasteiger partial charge < -0.3 is 14.6 Å². The molecule has 1 unspecified atom stereocenters. The SMILES string of the molecule is CC1=C(c2ccc(F)c(F)c2)C(c2ccc(OCCN3CC[C@@H](CF)C3)cc2)Oc2ccc(O)cc21. The number of nitrogens with zero attached hydrogens (tertiary/aromatic N) is 1. The molecule has 1 N–H and O–H groups in total. The molecule has 3 aromatic carbocycles. The second kappa shape index (κ2) is 10.3. The smallest absolute Gasteiger partial charge is 0.159 e. The van der Waals surface area contributed by atoms with Gasteiger partial charge in [-0.15, -0.1) is 0 Å². The van der Waals surface area contributed by atoms with Crippen molar-refractivity contribution >= 4 is 11.1 Å². The summed E-state index contributed by atoms with van der Waals surface area (Å²) in [7, 11) is 0. The molecule has 5 rings (SSSR count). The molecule has 0 bridgehead atoms. The summed E-state index contributed by atoms with van der Waals surface area (Å²) in [6.07, 6.45) is 0.325. The normalized spacial score (nSPS) is 19.8. The Balaban J connectivity index is 1.38. The molecule has 3 aromatic rings. The standard InChI is InChI=1S/C29H28F3NO3/c1-18-24-15-22(34)5-9-27(24)36-29(28(18)21-4-8-25(31)26(32)14-21)20-2-6-23(7-3-20)35-13-12-33-11-10-19(16-30)17-33/h2-9,14-15,19,29,34H,10-13,16-17H2,1H3/t19-,29?/m0/s1. The van der Waals surface area contributed by atoms with Crippen LogP contribution in [0.1, 0.15) is 36.1 Å². The van der Waals surface area contributed by atoms with Crippen LogP contribution in [0.15, 0.2) is 60.7 Å². The summed E-state index contributed by atoms with van der Waals surface area (Å²) < 4.78 is 52.9. The molecule has 0 aliphatic carbocycles. The highest BCUT2D eigenvalue weighted by atomic mass is 19.2. The van der Waals surface area contributed by atoms with E-state index in [1.54, 1.807) is 18.2 Å². The van der Waals surface area contributed by atoms with Gasteiger partial charge in [-0.05, 0) is 79.1 Å². The second-order valence-corrected chi connectivity index (χ2v) is 9.37. The highest BCUT2D eigenvalue weighted by Crippen LogP contribution is 2.47. The molecule has 2 aliphatic heterocycles. The lowest BCUT2D eigenvalue weighted by Gasteiger charge is -2.31. The predicted molar refractivity (Wildman–Crippen MR) is 133 cm³/mol. The van der Waals surface area contributed by atoms with Gasteiger partial charge in [0, 0.05) is 30.1 Å². The lowest BCUT2D eigenvalue weighted by Crippen LogP contribution is -2.26. The Labute approximate surface area is 208 Å². The van der Waals surface area contributed by atoms with Crippen molar-refractivity contribution in [3.8, 4) is 17.2 Å². The van der Waals surface area contributed by atoms with Crippen LogP contribution in [0.5, 0.6) is 17.2 Å². The van der Waals surface area contributed by atoms with Crippen molar-refractivity contribution in [2.75, 3.05) is 32.9 Å². The first-order chi connectivity index (χ1) is 17.4. The van der Waals surface area contributed by atoms with Crippen molar-refractivity contribution in [1.82, 2.24) is 4.90 Å². The van der Waals surface area contributed by atoms with E-state index in [-0.39, 0.29) is 18.3 Å². The Kier molecular flexibility index (Phi) is 6.92. The van der Waals surface area contributed by atoms with Crippen molar-refractivity contribution < 1.29 is 27.8 Å². The molecule has 4 nitrogen and oxygen atoms in total. The minimum absolute atomic E-state index is 0.0930. The predicted octanol–water partition coefficient (Wildman–Crippen LogP) is 6.41. The third-order valence-corrected chi connectivity index (χ3v) is 6.96. The molecule has 0 saturated carbocycles. The van der Waals surface area contributed by atoms with Crippen LogP contribution in [0, 0.1) is 17.6 Å². The summed E-state index contributed by atoms with van der Waals surface area (Å²) in [6, 6.07) is 16.2. The van der Waals surface area contributed by atoms with Gasteiger partial charge in [-0.3, -0.25) is 9.29 Å². The molecule has 7 heteroatoms. The van der Waals surface area contributed by atoms with E-state index in [4.69, 9.17) is 9.47 Å². The van der Waals surface area contributed by atoms with Crippen molar-refractivity contribution in [3.63, 3.8) is 0 Å². The molecule has 2 aliphatic rings. The van der Waals surface area contributed by atoms with Gasteiger partial charge in [0.05, 0.1) is 6.67 Å². The first kappa shape index (κ1) is 24.3. The molecule has 1 fully saturated rings. The fourth-order valence-electron chi connectivity index (χ4n) is 4.98. The molecule has 0 radical (unpaired) electrons. The molecule has 0 aromatic heterocycles. The summed E-state index contributed by atoms with van der Waals surface area (Å²) in [4.78, 5) is 2.21. The molecule has 188 valence electrons. The third-order valence-electron chi connectivity index (χ3n) is 6.96. The van der Waals surface area contributed by atoms with Crippen LogP contribution in [0.4, 0.5) is 13.2 Å². The van der Waals surface area contributed by atoms with Crippen molar-refractivity contribution in [2.45, 2.75) is 19.4 Å². The number of fused-ring (bicyclic) bond motifs is 1. The highest BCUT2D eigenvalue weighted by Gasteiger charge is 2.30. The molecule has 1 saturated heterocycles. The van der Waals surface area contributed by atoms with Gasteiger partial charge in [0.15, 0.2) is 11.6 Å². The zero-order valence-electron chi connectivity index (χ0n) is 20.0. The number of likely N-dealkylation sites (tertiary alicyclic amines) is 1. The van der Waals surface area contributed by atoms with Gasteiger partial charge in [0.25, 0.3) is 0 Å². The average Bonchev–Trinajstić information content (AvgIpc) is 3.35. The molecule has 0 amide bonds. The zero-order chi connectivity index (χ0) is 25.2. The second-order valence-electron chi connectivity index (χ2n) is 9.37. The monoisotopic (exact) mass is 495 g/mol. The van der Waals surface area contributed by atoms with Crippen LogP contribution in [-0.2, 0) is 0 Å². The number of phenols is 1. The quantitative estimate of drug-likeness (QED) is 0.412. The van der Waals surface area contributed by atoms with Gasteiger partial charge in [0.2, 0.25) is 0 Å². The fraction of sp³-hybridized carbons (Fsp3) is 0.310. The molecule has 36 heavy (non-hydrogen) atoms. The number of benzene rings is 3. The number of aromatic hydroxyl groups is 1. The lowest BCUT2D eigenvalue weighted by atomic mass is 9.86. The van der Waals surface area contributed by atoms with E-state index in [9.17, 15) is 18.3 Å². The maximum absolute atomic E-state index is 14.2. The molecular formula is C29H28F3NO3. The van der Waals surface area contributed by atoms with Crippen LogP contribution < -0.4 is 9.47 Å². The summed E-state index contributed by atoms with van der Waals surface area (Å²) in [5.74, 6) is -0.327. The first-order valence-corrected chi connectivity index (χ1v) is 12.1. The number of phenolic OH excluding ortho intramolecular Hbond substituents is 1. The van der Waals surface area contributed by atoms with Gasteiger partial charge in [0.1, 0.15) is 30.0 Å². The van der Waals surface area contributed by atoms with E-state index in [2.05, 4.69) is 4.90 Å². The Bertz CT molecular complexity index is 1280. The number of hydrogen-bond acceptors (Lipinski definition) is 4. The molecule has 0 spiro atoms. The van der Waals surface area contributed by atoms with E-state index >= 15 is 0 Å². The zero-order valence-corrected chi connectivity index (χ0v) is 20.0. The number of allylic oxidation sites excluding steroid dienone is 1. The first-order valence-electron chi connectivity index (χ1n) is 12.1. The third kappa shape index (κ3) is 4.93. The Morgan fingerprint density at radius 3 is 2.56 bits per heavy atom. The van der Waals surface area contributed by atoms with Gasteiger partial charge >= 0.3 is 0 Å². The Hall–Kier alpha value is -3.45. The topological polar surface area (TPSA) is 41.9 Å². The lowest BCUT2D eigenvalue weighted by molar-refractivity contribution is 0.228. The van der Waals surface area contributed by atoms with E-state index in [1.165, 1.54) is 12.1 Å². The van der Waals surface area contributed by atoms with E-state index in [1.807, 2.05) is 31.2 Å². The van der Waals surface area contributed by atoms with Gasteiger partial charge in [-0.25, -0.2) is 8.78 Å². The van der Waals surface area contributed by atoms with Crippen LogP contribution in [-0.4, -0.2) is 42.9 Å². The Morgan fingerprint density at radius 2 is 1.83 bits per heavy atom. The largest absolute Gasteiger partial charge is 0.508 e. The summed E-state index contributed by atoms with van der Waals surface area (Å²) in [5, 5.41) is 10.0. The van der Waals surface area contributed by atoms with Crippen LogP contribution in [0.2, 0.25) is 0 Å². The van der Waals surface area contributed by atoms with Crippen molar-refractivity contribution in [3.05, 3.63) is 89.0 Å². The number of halogens is 3. The van der Waals surface area contributed by atoms with Gasteiger partial charge in [-0.1, -0.05) is 18.2 Å². The number of ether oxygens (including phenoxy) is 2. The maximum Gasteiger partial charge on any atom is 0.159 e. The molecule has 2 heterocycles. The van der Waals surface area contributed by atoms with E-state index < -0.39 is 17.7 Å². The van der Waals surface area contributed by atoms with E-state index in [0.29, 0.717) is 34.8 Å². The van der Waals surface area contributed by atoms with Gasteiger partial charge in [-0.2, -0.15) is 0 Å². The molecule has 2 atom stereocenters. The minimum Gasteiger partial charge on any atom is -0.508 e. The summed E-state index contributed by atoms with van der Waals surface area (Å²) in [6.45, 7) is 4.54.